The summed E-state index contributed by atoms with van der Waals surface area (Å²) in [6.45, 7) is -0.427. The number of aromatic nitrogens is 3. The zero-order chi connectivity index (χ0) is 20.7. The Morgan fingerprint density at radius 1 is 1.10 bits per heavy atom. The van der Waals surface area contributed by atoms with E-state index in [4.69, 9.17) is 16.3 Å². The highest BCUT2D eigenvalue weighted by Crippen LogP contribution is 2.34. The van der Waals surface area contributed by atoms with E-state index in [1.165, 1.54) is 9.08 Å². The third-order valence-corrected chi connectivity index (χ3v) is 5.47. The van der Waals surface area contributed by atoms with Crippen LogP contribution in [0.3, 0.4) is 0 Å². The topological polar surface area (TPSA) is 129 Å². The van der Waals surface area contributed by atoms with Crippen molar-refractivity contribution in [2.45, 2.75) is 37.1 Å². The highest BCUT2D eigenvalue weighted by molar-refractivity contribution is 6.31. The normalized spacial score (nSPS) is 27.4. The van der Waals surface area contributed by atoms with Gasteiger partial charge in [0.1, 0.15) is 30.5 Å². The van der Waals surface area contributed by atoms with Crippen LogP contribution in [0.1, 0.15) is 17.2 Å². The molecule has 5 atom stereocenters. The summed E-state index contributed by atoms with van der Waals surface area (Å²) < 4.78 is 8.28. The zero-order valence-corrected chi connectivity index (χ0v) is 15.9. The van der Waals surface area contributed by atoms with Crippen molar-refractivity contribution in [3.05, 3.63) is 69.2 Å². The Bertz CT molecular complexity index is 1080. The quantitative estimate of drug-likeness (QED) is 0.455. The smallest absolute Gasteiger partial charge is 0.350 e. The van der Waals surface area contributed by atoms with Crippen LogP contribution in [0.5, 0.6) is 0 Å². The van der Waals surface area contributed by atoms with Gasteiger partial charge >= 0.3 is 5.69 Å². The molecule has 10 heteroatoms. The lowest BCUT2D eigenvalue weighted by Gasteiger charge is -2.40. The second kappa shape index (κ2) is 7.86. The Morgan fingerprint density at radius 2 is 1.90 bits per heavy atom. The van der Waals surface area contributed by atoms with Crippen molar-refractivity contribution in [1.82, 2.24) is 14.2 Å². The molecule has 0 aliphatic carbocycles. The number of aliphatic hydroxyl groups excluding tert-OH is 4. The molecule has 0 spiro atoms. The van der Waals surface area contributed by atoms with Gasteiger partial charge in [-0.1, -0.05) is 23.7 Å². The molecule has 0 amide bonds. The summed E-state index contributed by atoms with van der Waals surface area (Å²) in [6.07, 6.45) is -4.70. The Labute approximate surface area is 170 Å². The van der Waals surface area contributed by atoms with E-state index in [2.05, 4.69) is 5.10 Å². The standard InChI is InChI=1S/C19H20ClN3O6/c20-12-5-4-10(18-17(27)16(26)15(25)13(9-24)29-18)7-11(12)8-23-19(28)22-6-2-1-3-14(22)21-23/h1-7,13,15-18,24-27H,8-9H2/t13?,15-,16+,17?,18+/m1/s1. The van der Waals surface area contributed by atoms with Crippen molar-refractivity contribution in [2.24, 2.45) is 0 Å². The molecule has 2 aromatic heterocycles. The van der Waals surface area contributed by atoms with Crippen molar-refractivity contribution >= 4 is 17.2 Å². The maximum Gasteiger partial charge on any atom is 0.350 e. The van der Waals surface area contributed by atoms with Gasteiger partial charge in [-0.25, -0.2) is 9.48 Å². The van der Waals surface area contributed by atoms with Gasteiger partial charge in [0.05, 0.1) is 13.2 Å². The van der Waals surface area contributed by atoms with E-state index in [1.54, 1.807) is 42.6 Å². The lowest BCUT2D eigenvalue weighted by atomic mass is 9.90. The fourth-order valence-electron chi connectivity index (χ4n) is 3.50. The number of ether oxygens (including phenoxy) is 1. The maximum atomic E-state index is 12.5. The van der Waals surface area contributed by atoms with Gasteiger partial charge in [0.15, 0.2) is 5.65 Å². The van der Waals surface area contributed by atoms with Gasteiger partial charge in [0.25, 0.3) is 0 Å². The Morgan fingerprint density at radius 3 is 2.62 bits per heavy atom. The van der Waals surface area contributed by atoms with E-state index in [0.29, 0.717) is 21.8 Å². The molecule has 1 aromatic carbocycles. The predicted octanol–water partition coefficient (Wildman–Crippen LogP) is -0.287. The molecular formula is C19H20ClN3O6. The molecule has 1 aliphatic rings. The summed E-state index contributed by atoms with van der Waals surface area (Å²) in [7, 11) is 0. The van der Waals surface area contributed by atoms with Crippen LogP contribution in [0.4, 0.5) is 0 Å². The van der Waals surface area contributed by atoms with E-state index in [9.17, 15) is 25.2 Å². The first-order valence-electron chi connectivity index (χ1n) is 9.03. The largest absolute Gasteiger partial charge is 0.394 e. The maximum absolute atomic E-state index is 12.5. The van der Waals surface area contributed by atoms with Crippen LogP contribution < -0.4 is 5.69 Å². The van der Waals surface area contributed by atoms with E-state index in [-0.39, 0.29) is 12.2 Å². The van der Waals surface area contributed by atoms with Crippen LogP contribution in [0.15, 0.2) is 47.4 Å². The highest BCUT2D eigenvalue weighted by atomic mass is 35.5. The molecule has 0 radical (unpaired) electrons. The third-order valence-electron chi connectivity index (χ3n) is 5.10. The lowest BCUT2D eigenvalue weighted by molar-refractivity contribution is -0.231. The van der Waals surface area contributed by atoms with Crippen molar-refractivity contribution in [3.63, 3.8) is 0 Å². The molecular weight excluding hydrogens is 402 g/mol. The fraction of sp³-hybridized carbons (Fsp3) is 0.368. The summed E-state index contributed by atoms with van der Waals surface area (Å²) in [5.74, 6) is 0. The first-order valence-corrected chi connectivity index (χ1v) is 9.41. The first-order chi connectivity index (χ1) is 13.9. The number of halogens is 1. The number of hydrogen-bond donors (Lipinski definition) is 4. The second-order valence-electron chi connectivity index (χ2n) is 6.97. The third kappa shape index (κ3) is 3.57. The van der Waals surface area contributed by atoms with Crippen LogP contribution in [-0.2, 0) is 11.3 Å². The summed E-state index contributed by atoms with van der Waals surface area (Å²) in [4.78, 5) is 12.5. The van der Waals surface area contributed by atoms with Gasteiger partial charge in [-0.15, -0.1) is 5.10 Å². The molecule has 0 saturated carbocycles. The number of rotatable bonds is 4. The van der Waals surface area contributed by atoms with Crippen LogP contribution in [0, 0.1) is 0 Å². The number of pyridine rings is 1. The summed E-state index contributed by atoms with van der Waals surface area (Å²) >= 11 is 6.30. The van der Waals surface area contributed by atoms with Gasteiger partial charge in [0, 0.05) is 11.2 Å². The minimum atomic E-state index is -1.48. The Kier molecular flexibility index (Phi) is 5.43. The Hall–Kier alpha value is -2.27. The van der Waals surface area contributed by atoms with Gasteiger partial charge < -0.3 is 25.2 Å². The summed E-state index contributed by atoms with van der Waals surface area (Å²) in [5.41, 5.74) is 1.22. The average molecular weight is 422 g/mol. The summed E-state index contributed by atoms with van der Waals surface area (Å²) in [5, 5.41) is 44.4. The Balaban J connectivity index is 1.67. The van der Waals surface area contributed by atoms with Gasteiger partial charge in [-0.3, -0.25) is 4.40 Å². The number of benzene rings is 1. The monoisotopic (exact) mass is 421 g/mol. The number of nitrogens with zero attached hydrogens (tertiary/aromatic N) is 3. The van der Waals surface area contributed by atoms with Gasteiger partial charge in [-0.2, -0.15) is 0 Å². The minimum absolute atomic E-state index is 0.0879. The van der Waals surface area contributed by atoms with E-state index in [0.717, 1.165) is 0 Å². The predicted molar refractivity (Wildman–Crippen MR) is 103 cm³/mol. The first kappa shape index (κ1) is 20.0. The molecule has 3 heterocycles. The number of hydrogen-bond acceptors (Lipinski definition) is 7. The van der Waals surface area contributed by atoms with Gasteiger partial charge in [-0.05, 0) is 35.4 Å². The van der Waals surface area contributed by atoms with Crippen molar-refractivity contribution in [1.29, 1.82) is 0 Å². The molecule has 4 N–H and O–H groups in total. The molecule has 1 fully saturated rings. The lowest BCUT2D eigenvalue weighted by Crippen LogP contribution is -2.55. The molecule has 9 nitrogen and oxygen atoms in total. The molecule has 29 heavy (non-hydrogen) atoms. The molecule has 3 aromatic rings. The van der Waals surface area contributed by atoms with Crippen LogP contribution in [0.25, 0.3) is 5.65 Å². The minimum Gasteiger partial charge on any atom is -0.394 e. The number of aliphatic hydroxyl groups is 4. The van der Waals surface area contributed by atoms with Crippen molar-refractivity contribution in [2.75, 3.05) is 6.61 Å². The molecule has 4 rings (SSSR count). The fourth-order valence-corrected chi connectivity index (χ4v) is 3.68. The summed E-state index contributed by atoms with van der Waals surface area (Å²) in [6, 6.07) is 10.1. The number of fused-ring (bicyclic) bond motifs is 1. The molecule has 1 saturated heterocycles. The van der Waals surface area contributed by atoms with E-state index < -0.39 is 37.1 Å². The van der Waals surface area contributed by atoms with Crippen molar-refractivity contribution < 1.29 is 25.2 Å². The SMILES string of the molecule is O=c1n(Cc2cc([C@@H]3OC(CO)[C@@H](O)[C@H](O)C3O)ccc2Cl)nc2ccccn12. The highest BCUT2D eigenvalue weighted by Gasteiger charge is 2.44. The van der Waals surface area contributed by atoms with Gasteiger partial charge in [0.2, 0.25) is 0 Å². The van der Waals surface area contributed by atoms with Crippen molar-refractivity contribution in [3.8, 4) is 0 Å². The zero-order valence-electron chi connectivity index (χ0n) is 15.2. The van der Waals surface area contributed by atoms with Crippen LogP contribution >= 0.6 is 11.6 Å². The van der Waals surface area contributed by atoms with E-state index in [1.807, 2.05) is 0 Å². The second-order valence-corrected chi connectivity index (χ2v) is 7.38. The van der Waals surface area contributed by atoms with E-state index >= 15 is 0 Å². The molecule has 0 bridgehead atoms. The van der Waals surface area contributed by atoms with Crippen LogP contribution in [-0.4, -0.2) is 65.6 Å². The average Bonchev–Trinajstić information content (AvgIpc) is 3.04. The molecule has 154 valence electrons. The van der Waals surface area contributed by atoms with Crippen LogP contribution in [0.2, 0.25) is 5.02 Å². The molecule has 1 aliphatic heterocycles. The molecule has 2 unspecified atom stereocenters.